The third-order valence-electron chi connectivity index (χ3n) is 3.31. The van der Waals surface area contributed by atoms with Gasteiger partial charge in [-0.3, -0.25) is 0 Å². The molecule has 6 heteroatoms. The number of hydrogen-bond acceptors (Lipinski definition) is 4. The van der Waals surface area contributed by atoms with E-state index in [-0.39, 0.29) is 6.10 Å². The Bertz CT molecular complexity index is 504. The molecule has 24 heavy (non-hydrogen) atoms. The molecule has 0 bridgehead atoms. The van der Waals surface area contributed by atoms with Gasteiger partial charge in [0.2, 0.25) is 0 Å². The first-order valence-electron chi connectivity index (χ1n) is 8.45. The monoisotopic (exact) mass is 337 g/mol. The van der Waals surface area contributed by atoms with Crippen molar-refractivity contribution in [1.82, 2.24) is 10.6 Å². The topological polar surface area (TPSA) is 64.1 Å². The van der Waals surface area contributed by atoms with Crippen molar-refractivity contribution in [3.8, 4) is 11.5 Å². The quantitative estimate of drug-likeness (QED) is 0.390. The van der Waals surface area contributed by atoms with Crippen molar-refractivity contribution >= 4 is 5.96 Å². The lowest BCUT2D eigenvalue weighted by atomic mass is 10.2. The first-order chi connectivity index (χ1) is 11.6. The molecule has 0 atom stereocenters. The largest absolute Gasteiger partial charge is 0.497 e. The van der Waals surface area contributed by atoms with E-state index in [2.05, 4.69) is 15.6 Å². The Labute approximate surface area is 145 Å². The highest BCUT2D eigenvalue weighted by molar-refractivity contribution is 5.79. The molecule has 0 aromatic heterocycles. The molecule has 1 aromatic carbocycles. The molecule has 0 unspecified atom stereocenters. The van der Waals surface area contributed by atoms with Crippen LogP contribution < -0.4 is 20.1 Å². The van der Waals surface area contributed by atoms with Crippen LogP contribution in [0.2, 0.25) is 0 Å². The molecule has 0 aliphatic heterocycles. The van der Waals surface area contributed by atoms with Crippen LogP contribution in [0, 0.1) is 0 Å². The van der Waals surface area contributed by atoms with Gasteiger partial charge in [-0.1, -0.05) is 0 Å². The van der Waals surface area contributed by atoms with Crippen LogP contribution in [0.3, 0.4) is 0 Å². The Morgan fingerprint density at radius 1 is 1.17 bits per heavy atom. The molecule has 1 aromatic rings. The minimum atomic E-state index is 0.273. The van der Waals surface area contributed by atoms with Crippen molar-refractivity contribution in [2.24, 2.45) is 4.99 Å². The van der Waals surface area contributed by atoms with Crippen LogP contribution in [-0.2, 0) is 11.3 Å². The summed E-state index contributed by atoms with van der Waals surface area (Å²) in [6.07, 6.45) is 1.21. The maximum absolute atomic E-state index is 5.54. The van der Waals surface area contributed by atoms with Crippen molar-refractivity contribution in [2.75, 3.05) is 33.9 Å². The number of nitrogens with zero attached hydrogens (tertiary/aromatic N) is 1. The highest BCUT2D eigenvalue weighted by atomic mass is 16.5. The zero-order valence-electron chi connectivity index (χ0n) is 15.5. The molecule has 0 aliphatic rings. The minimum Gasteiger partial charge on any atom is -0.497 e. The Kier molecular flexibility index (Phi) is 9.68. The molecular weight excluding hydrogens is 306 g/mol. The number of nitrogens with one attached hydrogen (secondary N) is 2. The van der Waals surface area contributed by atoms with Gasteiger partial charge in [0.25, 0.3) is 0 Å². The van der Waals surface area contributed by atoms with Gasteiger partial charge >= 0.3 is 0 Å². The summed E-state index contributed by atoms with van der Waals surface area (Å²) < 4.78 is 16.2. The van der Waals surface area contributed by atoms with Gasteiger partial charge in [0.15, 0.2) is 5.96 Å². The second kappa shape index (κ2) is 11.6. The van der Waals surface area contributed by atoms with Crippen LogP contribution in [0.5, 0.6) is 11.5 Å². The Hall–Kier alpha value is -1.95. The number of aliphatic imine (C=N–C) groups is 1. The molecule has 0 heterocycles. The number of benzene rings is 1. The first kappa shape index (κ1) is 20.1. The molecule has 1 rings (SSSR count). The lowest BCUT2D eigenvalue weighted by molar-refractivity contribution is 0.0776. The van der Waals surface area contributed by atoms with E-state index in [4.69, 9.17) is 14.2 Å². The van der Waals surface area contributed by atoms with Crippen molar-refractivity contribution in [1.29, 1.82) is 0 Å². The van der Waals surface area contributed by atoms with Gasteiger partial charge in [0.05, 0.1) is 26.9 Å². The predicted octanol–water partition coefficient (Wildman–Crippen LogP) is 2.57. The van der Waals surface area contributed by atoms with Crippen molar-refractivity contribution < 1.29 is 14.2 Å². The van der Waals surface area contributed by atoms with Gasteiger partial charge in [-0.25, -0.2) is 4.99 Å². The van der Waals surface area contributed by atoms with E-state index in [1.54, 1.807) is 14.2 Å². The number of ether oxygens (including phenoxy) is 3. The van der Waals surface area contributed by atoms with E-state index in [9.17, 15) is 0 Å². The average molecular weight is 337 g/mol. The summed E-state index contributed by atoms with van der Waals surface area (Å²) in [5.41, 5.74) is 1.01. The second-order valence-corrected chi connectivity index (χ2v) is 5.57. The summed E-state index contributed by atoms with van der Waals surface area (Å²) >= 11 is 0. The summed E-state index contributed by atoms with van der Waals surface area (Å²) in [4.78, 5) is 4.61. The van der Waals surface area contributed by atoms with Gasteiger partial charge in [0.1, 0.15) is 11.5 Å². The molecule has 0 saturated carbocycles. The number of methoxy groups -OCH3 is 2. The van der Waals surface area contributed by atoms with E-state index in [0.717, 1.165) is 49.1 Å². The highest BCUT2D eigenvalue weighted by Gasteiger charge is 2.05. The Balaban J connectivity index is 2.58. The molecule has 0 aliphatic carbocycles. The van der Waals surface area contributed by atoms with Gasteiger partial charge in [-0.2, -0.15) is 0 Å². The van der Waals surface area contributed by atoms with Crippen molar-refractivity contribution in [3.63, 3.8) is 0 Å². The Morgan fingerprint density at radius 3 is 2.58 bits per heavy atom. The molecule has 0 radical (unpaired) electrons. The average Bonchev–Trinajstić information content (AvgIpc) is 2.58. The first-order valence-corrected chi connectivity index (χ1v) is 8.45. The van der Waals surface area contributed by atoms with Crippen LogP contribution in [0.4, 0.5) is 0 Å². The number of hydrogen-bond donors (Lipinski definition) is 2. The Morgan fingerprint density at radius 2 is 1.96 bits per heavy atom. The zero-order valence-corrected chi connectivity index (χ0v) is 15.5. The molecule has 2 N–H and O–H groups in total. The maximum atomic E-state index is 5.54. The highest BCUT2D eigenvalue weighted by Crippen LogP contribution is 2.25. The van der Waals surface area contributed by atoms with E-state index >= 15 is 0 Å². The fourth-order valence-electron chi connectivity index (χ4n) is 2.09. The summed E-state index contributed by atoms with van der Waals surface area (Å²) in [7, 11) is 3.29. The molecule has 0 amide bonds. The third-order valence-corrected chi connectivity index (χ3v) is 3.31. The minimum absolute atomic E-state index is 0.273. The molecule has 0 fully saturated rings. The maximum Gasteiger partial charge on any atom is 0.191 e. The lowest BCUT2D eigenvalue weighted by Crippen LogP contribution is -2.38. The van der Waals surface area contributed by atoms with Crippen LogP contribution in [-0.4, -0.2) is 46.0 Å². The zero-order chi connectivity index (χ0) is 17.8. The number of guanidine groups is 1. The summed E-state index contributed by atoms with van der Waals surface area (Å²) in [5.74, 6) is 2.34. The van der Waals surface area contributed by atoms with E-state index in [1.165, 1.54) is 0 Å². The normalized spacial score (nSPS) is 11.5. The van der Waals surface area contributed by atoms with Crippen LogP contribution in [0.1, 0.15) is 32.8 Å². The molecular formula is C18H31N3O3. The van der Waals surface area contributed by atoms with Crippen LogP contribution >= 0.6 is 0 Å². The lowest BCUT2D eigenvalue weighted by Gasteiger charge is -2.13. The number of rotatable bonds is 10. The van der Waals surface area contributed by atoms with Crippen LogP contribution in [0.15, 0.2) is 23.2 Å². The van der Waals surface area contributed by atoms with E-state index in [0.29, 0.717) is 6.54 Å². The molecule has 0 saturated heterocycles. The van der Waals surface area contributed by atoms with E-state index in [1.807, 2.05) is 39.0 Å². The predicted molar refractivity (Wildman–Crippen MR) is 98.1 cm³/mol. The van der Waals surface area contributed by atoms with Crippen molar-refractivity contribution in [3.05, 3.63) is 23.8 Å². The summed E-state index contributed by atoms with van der Waals surface area (Å²) in [6.45, 7) is 9.04. The summed E-state index contributed by atoms with van der Waals surface area (Å²) in [5, 5.41) is 6.56. The van der Waals surface area contributed by atoms with E-state index < -0.39 is 0 Å². The fourth-order valence-corrected chi connectivity index (χ4v) is 2.09. The fraction of sp³-hybridized carbons (Fsp3) is 0.611. The van der Waals surface area contributed by atoms with Gasteiger partial charge in [-0.05, 0) is 39.3 Å². The van der Waals surface area contributed by atoms with Gasteiger partial charge in [-0.15, -0.1) is 0 Å². The van der Waals surface area contributed by atoms with Gasteiger partial charge in [0, 0.05) is 31.3 Å². The van der Waals surface area contributed by atoms with Crippen molar-refractivity contribution in [2.45, 2.75) is 39.8 Å². The second-order valence-electron chi connectivity index (χ2n) is 5.57. The summed E-state index contributed by atoms with van der Waals surface area (Å²) in [6, 6.07) is 5.76. The smallest absolute Gasteiger partial charge is 0.191 e. The standard InChI is InChI=1S/C18H31N3O3/c1-6-19-18(20-10-7-11-24-14(2)3)21-13-15-8-9-16(22-4)12-17(15)23-5/h8-9,12,14H,6-7,10-11,13H2,1-5H3,(H2,19,20,21). The van der Waals surface area contributed by atoms with Gasteiger partial charge < -0.3 is 24.8 Å². The third kappa shape index (κ3) is 7.55. The van der Waals surface area contributed by atoms with Crippen LogP contribution in [0.25, 0.3) is 0 Å². The molecule has 0 spiro atoms. The molecule has 6 nitrogen and oxygen atoms in total. The molecule has 136 valence electrons. The SMILES string of the molecule is CCNC(=NCc1ccc(OC)cc1OC)NCCCOC(C)C.